The summed E-state index contributed by atoms with van der Waals surface area (Å²) in [5.74, 6) is -3.72. The zero-order valence-electron chi connectivity index (χ0n) is 17.8. The van der Waals surface area contributed by atoms with E-state index in [1.165, 1.54) is 12.1 Å². The molecule has 0 aromatic heterocycles. The van der Waals surface area contributed by atoms with Gasteiger partial charge in [-0.3, -0.25) is 0 Å². The molecule has 6 heteroatoms. The van der Waals surface area contributed by atoms with Crippen molar-refractivity contribution >= 4 is 0 Å². The molecule has 2 aromatic rings. The Morgan fingerprint density at radius 3 is 2.26 bits per heavy atom. The average molecular weight is 436 g/mol. The summed E-state index contributed by atoms with van der Waals surface area (Å²) >= 11 is 0. The Balaban J connectivity index is 1.70. The molecule has 1 aliphatic carbocycles. The Morgan fingerprint density at radius 1 is 1.03 bits per heavy atom. The first-order chi connectivity index (χ1) is 14.8. The topological polar surface area (TPSA) is 18.5 Å². The number of hydrogen-bond acceptors (Lipinski definition) is 2. The molecule has 168 valence electrons. The molecule has 1 fully saturated rings. The summed E-state index contributed by atoms with van der Waals surface area (Å²) < 4.78 is 67.8. The van der Waals surface area contributed by atoms with Gasteiger partial charge in [0.25, 0.3) is 0 Å². The Kier molecular flexibility index (Phi) is 7.29. The van der Waals surface area contributed by atoms with Crippen molar-refractivity contribution in [2.24, 2.45) is 5.92 Å². The minimum Gasteiger partial charge on any atom is -0.491 e. The van der Waals surface area contributed by atoms with Crippen molar-refractivity contribution in [1.29, 1.82) is 0 Å². The van der Waals surface area contributed by atoms with E-state index in [2.05, 4.69) is 6.58 Å². The van der Waals surface area contributed by atoms with Gasteiger partial charge in [0.05, 0.1) is 12.5 Å². The van der Waals surface area contributed by atoms with Crippen LogP contribution >= 0.6 is 0 Å². The fourth-order valence-electron chi connectivity index (χ4n) is 4.07. The van der Waals surface area contributed by atoms with Crippen molar-refractivity contribution in [2.75, 3.05) is 6.61 Å². The largest absolute Gasteiger partial charge is 0.491 e. The summed E-state index contributed by atoms with van der Waals surface area (Å²) in [6.07, 6.45) is 2.48. The van der Waals surface area contributed by atoms with Gasteiger partial charge in [-0.2, -0.15) is 13.2 Å². The van der Waals surface area contributed by atoms with E-state index in [9.17, 15) is 17.6 Å². The normalized spacial score (nSPS) is 20.2. The predicted octanol–water partition coefficient (Wildman–Crippen LogP) is 7.60. The highest BCUT2D eigenvalue weighted by Crippen LogP contribution is 2.40. The monoisotopic (exact) mass is 436 g/mol. The van der Waals surface area contributed by atoms with Crippen LogP contribution in [-0.2, 0) is 0 Å². The minimum atomic E-state index is -3.73. The first-order valence-electron chi connectivity index (χ1n) is 10.7. The maximum Gasteiger partial charge on any atom is 0.404 e. The van der Waals surface area contributed by atoms with Crippen LogP contribution < -0.4 is 9.47 Å². The third-order valence-electron chi connectivity index (χ3n) is 6.06. The van der Waals surface area contributed by atoms with E-state index in [0.29, 0.717) is 11.8 Å². The average Bonchev–Trinajstić information content (AvgIpc) is 2.77. The minimum absolute atomic E-state index is 0.0211. The summed E-state index contributed by atoms with van der Waals surface area (Å²) in [6, 6.07) is 8.86. The number of rotatable bonds is 8. The number of hydrogen-bond donors (Lipinski definition) is 0. The second-order valence-corrected chi connectivity index (χ2v) is 8.02. The van der Waals surface area contributed by atoms with E-state index in [1.807, 2.05) is 6.08 Å². The van der Waals surface area contributed by atoms with Crippen LogP contribution in [0.25, 0.3) is 0 Å². The highest BCUT2D eigenvalue weighted by Gasteiger charge is 2.42. The van der Waals surface area contributed by atoms with Crippen LogP contribution in [0.15, 0.2) is 49.1 Å². The predicted molar refractivity (Wildman–Crippen MR) is 113 cm³/mol. The van der Waals surface area contributed by atoms with Gasteiger partial charge in [0, 0.05) is 5.56 Å². The molecule has 0 N–H and O–H groups in total. The summed E-state index contributed by atoms with van der Waals surface area (Å²) in [5, 5.41) is 0. The van der Waals surface area contributed by atoms with E-state index < -0.39 is 29.2 Å². The van der Waals surface area contributed by atoms with E-state index >= 15 is 0 Å². The van der Waals surface area contributed by atoms with Crippen molar-refractivity contribution in [3.63, 3.8) is 0 Å². The van der Waals surface area contributed by atoms with Crippen molar-refractivity contribution in [1.82, 2.24) is 0 Å². The molecule has 0 bridgehead atoms. The van der Waals surface area contributed by atoms with Crippen LogP contribution in [0.3, 0.4) is 0 Å². The quantitative estimate of drug-likeness (QED) is 0.313. The van der Waals surface area contributed by atoms with Gasteiger partial charge in [-0.1, -0.05) is 24.3 Å². The van der Waals surface area contributed by atoms with Gasteiger partial charge in [-0.25, -0.2) is 4.39 Å². The lowest BCUT2D eigenvalue weighted by Gasteiger charge is -2.27. The number of alkyl halides is 2. The van der Waals surface area contributed by atoms with Gasteiger partial charge >= 0.3 is 6.11 Å². The second kappa shape index (κ2) is 9.75. The number of ether oxygens (including phenoxy) is 2. The molecule has 0 radical (unpaired) electrons. The van der Waals surface area contributed by atoms with Crippen LogP contribution in [0, 0.1) is 17.6 Å². The summed E-state index contributed by atoms with van der Waals surface area (Å²) in [6.45, 7) is 6.70. The number of benzene rings is 2. The molecule has 0 amide bonds. The lowest BCUT2D eigenvalue weighted by molar-refractivity contribution is -0.191. The van der Waals surface area contributed by atoms with Gasteiger partial charge in [0.1, 0.15) is 5.75 Å². The fourth-order valence-corrected chi connectivity index (χ4v) is 4.07. The van der Waals surface area contributed by atoms with E-state index in [4.69, 9.17) is 9.47 Å². The SMILES string of the molecule is C=CC1CCC(c2ccc(OC(F)(F)C(C)c3ccc(OCC)c(F)c3F)cc2)CC1. The standard InChI is InChI=1S/C25H28F4O2/c1-4-17-6-8-18(9-7-17)19-10-12-20(13-11-19)31-25(28,29)16(3)21-14-15-22(30-5-2)24(27)23(21)26/h4,10-18H,1,5-9H2,2-3H3. The van der Waals surface area contributed by atoms with Crippen LogP contribution in [0.2, 0.25) is 0 Å². The Morgan fingerprint density at radius 2 is 1.68 bits per heavy atom. The van der Waals surface area contributed by atoms with Gasteiger partial charge in [-0.15, -0.1) is 6.58 Å². The number of allylic oxidation sites excluding steroid dienone is 1. The molecule has 0 saturated heterocycles. The van der Waals surface area contributed by atoms with E-state index in [-0.39, 0.29) is 18.1 Å². The summed E-state index contributed by atoms with van der Waals surface area (Å²) in [7, 11) is 0. The Labute approximate surface area is 180 Å². The molecule has 2 aromatic carbocycles. The highest BCUT2D eigenvalue weighted by atomic mass is 19.3. The molecule has 1 atom stereocenters. The van der Waals surface area contributed by atoms with Crippen LogP contribution in [-0.4, -0.2) is 12.7 Å². The lowest BCUT2D eigenvalue weighted by atomic mass is 9.79. The number of halogens is 4. The highest BCUT2D eigenvalue weighted by molar-refractivity contribution is 5.34. The van der Waals surface area contributed by atoms with Gasteiger partial charge in [-0.05, 0) is 75.1 Å². The molecule has 1 aliphatic rings. The molecule has 1 unspecified atom stereocenters. The van der Waals surface area contributed by atoms with Gasteiger partial charge in [0.2, 0.25) is 5.82 Å². The third kappa shape index (κ3) is 5.23. The molecular weight excluding hydrogens is 408 g/mol. The van der Waals surface area contributed by atoms with E-state index in [1.54, 1.807) is 19.1 Å². The molecule has 1 saturated carbocycles. The summed E-state index contributed by atoms with van der Waals surface area (Å²) in [4.78, 5) is 0. The van der Waals surface area contributed by atoms with Crippen molar-refractivity contribution in [3.05, 3.63) is 71.8 Å². The fraction of sp³-hybridized carbons (Fsp3) is 0.440. The van der Waals surface area contributed by atoms with Crippen molar-refractivity contribution in [2.45, 2.75) is 57.5 Å². The van der Waals surface area contributed by atoms with Crippen LogP contribution in [0.5, 0.6) is 11.5 Å². The molecule has 3 rings (SSSR count). The zero-order valence-corrected chi connectivity index (χ0v) is 17.8. The molecular formula is C25H28F4O2. The summed E-state index contributed by atoms with van der Waals surface area (Å²) in [5.41, 5.74) is 0.618. The maximum absolute atomic E-state index is 14.7. The van der Waals surface area contributed by atoms with Gasteiger partial charge in [0.15, 0.2) is 11.6 Å². The Bertz CT molecular complexity index is 887. The van der Waals surface area contributed by atoms with E-state index in [0.717, 1.165) is 50.3 Å². The van der Waals surface area contributed by atoms with Gasteiger partial charge < -0.3 is 9.47 Å². The molecule has 31 heavy (non-hydrogen) atoms. The third-order valence-corrected chi connectivity index (χ3v) is 6.06. The van der Waals surface area contributed by atoms with Crippen molar-refractivity contribution in [3.8, 4) is 11.5 Å². The Hall–Kier alpha value is -2.50. The molecule has 0 spiro atoms. The zero-order chi connectivity index (χ0) is 22.6. The second-order valence-electron chi connectivity index (χ2n) is 8.02. The first kappa shape index (κ1) is 23.2. The smallest absolute Gasteiger partial charge is 0.404 e. The first-order valence-corrected chi connectivity index (χ1v) is 10.7. The van der Waals surface area contributed by atoms with Crippen LogP contribution in [0.1, 0.15) is 62.5 Å². The maximum atomic E-state index is 14.7. The molecule has 0 heterocycles. The molecule has 0 aliphatic heterocycles. The van der Waals surface area contributed by atoms with Crippen LogP contribution in [0.4, 0.5) is 17.6 Å². The molecule has 2 nitrogen and oxygen atoms in total. The van der Waals surface area contributed by atoms with Crippen molar-refractivity contribution < 1.29 is 27.0 Å². The lowest BCUT2D eigenvalue weighted by Crippen LogP contribution is -2.32.